The summed E-state index contributed by atoms with van der Waals surface area (Å²) in [5.41, 5.74) is 2.77. The molecule has 4 aromatic carbocycles. The van der Waals surface area contributed by atoms with E-state index in [2.05, 4.69) is 10.3 Å². The second-order valence-electron chi connectivity index (χ2n) is 8.89. The average molecular weight is 549 g/mol. The minimum atomic E-state index is -0.484. The highest BCUT2D eigenvalue weighted by Crippen LogP contribution is 2.31. The summed E-state index contributed by atoms with van der Waals surface area (Å²) in [6, 6.07) is 26.8. The van der Waals surface area contributed by atoms with Crippen LogP contribution in [0.25, 0.3) is 6.08 Å². The fourth-order valence-electron chi connectivity index (χ4n) is 4.26. The molecule has 0 unspecified atom stereocenters. The lowest BCUT2D eigenvalue weighted by atomic mass is 10.1. The van der Waals surface area contributed by atoms with Gasteiger partial charge in [-0.3, -0.25) is 24.6 Å². The van der Waals surface area contributed by atoms with Crippen LogP contribution in [-0.2, 0) is 4.79 Å². The van der Waals surface area contributed by atoms with Crippen LogP contribution in [-0.4, -0.2) is 36.8 Å². The summed E-state index contributed by atoms with van der Waals surface area (Å²) in [4.78, 5) is 43.2. The van der Waals surface area contributed by atoms with E-state index in [1.165, 1.54) is 31.3 Å². The normalized spacial score (nSPS) is 13.6. The molecule has 0 saturated carbocycles. The fourth-order valence-corrected chi connectivity index (χ4v) is 4.26. The number of amidine groups is 1. The van der Waals surface area contributed by atoms with Crippen molar-refractivity contribution in [1.82, 2.24) is 0 Å². The molecule has 0 radical (unpaired) electrons. The Labute approximate surface area is 235 Å². The van der Waals surface area contributed by atoms with Gasteiger partial charge in [0.1, 0.15) is 23.0 Å². The molecule has 0 bridgehead atoms. The molecule has 1 N–H and O–H groups in total. The Morgan fingerprint density at radius 1 is 0.927 bits per heavy atom. The zero-order valence-corrected chi connectivity index (χ0v) is 22.1. The monoisotopic (exact) mass is 548 g/mol. The molecular weight excluding hydrogens is 524 g/mol. The number of methoxy groups -OCH3 is 2. The van der Waals surface area contributed by atoms with Gasteiger partial charge >= 0.3 is 0 Å². The van der Waals surface area contributed by atoms with Gasteiger partial charge in [-0.2, -0.15) is 0 Å². The van der Waals surface area contributed by atoms with Gasteiger partial charge in [0.15, 0.2) is 0 Å². The van der Waals surface area contributed by atoms with Gasteiger partial charge < -0.3 is 14.8 Å². The Bertz CT molecular complexity index is 1680. The molecule has 41 heavy (non-hydrogen) atoms. The van der Waals surface area contributed by atoms with E-state index in [1.807, 2.05) is 30.3 Å². The Balaban J connectivity index is 1.44. The van der Waals surface area contributed by atoms with Crippen molar-refractivity contribution in [3.8, 4) is 11.5 Å². The largest absolute Gasteiger partial charge is 0.497 e. The van der Waals surface area contributed by atoms with E-state index < -0.39 is 4.92 Å². The van der Waals surface area contributed by atoms with Gasteiger partial charge in [0.2, 0.25) is 0 Å². The maximum atomic E-state index is 13.6. The molecule has 0 aromatic heterocycles. The van der Waals surface area contributed by atoms with E-state index >= 15 is 0 Å². The topological polar surface area (TPSA) is 123 Å². The van der Waals surface area contributed by atoms with Gasteiger partial charge in [0.05, 0.1) is 30.5 Å². The third-order valence-electron chi connectivity index (χ3n) is 6.34. The van der Waals surface area contributed by atoms with Crippen molar-refractivity contribution in [3.05, 3.63) is 130 Å². The Kier molecular flexibility index (Phi) is 7.55. The highest BCUT2D eigenvalue weighted by Gasteiger charge is 2.32. The number of nitrogens with one attached hydrogen (secondary N) is 1. The number of non-ortho nitro benzene ring substituents is 1. The second kappa shape index (κ2) is 11.5. The second-order valence-corrected chi connectivity index (χ2v) is 8.89. The molecule has 5 rings (SSSR count). The zero-order valence-electron chi connectivity index (χ0n) is 22.1. The highest BCUT2D eigenvalue weighted by atomic mass is 16.6. The number of nitrogens with zero attached hydrogens (tertiary/aromatic N) is 3. The van der Waals surface area contributed by atoms with Crippen molar-refractivity contribution in [2.75, 3.05) is 24.4 Å². The van der Waals surface area contributed by atoms with Crippen LogP contribution in [0.2, 0.25) is 0 Å². The van der Waals surface area contributed by atoms with Crippen molar-refractivity contribution in [2.45, 2.75) is 0 Å². The first-order valence-electron chi connectivity index (χ1n) is 12.5. The minimum Gasteiger partial charge on any atom is -0.497 e. The molecule has 0 fully saturated rings. The number of hydrogen-bond donors (Lipinski definition) is 1. The highest BCUT2D eigenvalue weighted by molar-refractivity contribution is 6.33. The van der Waals surface area contributed by atoms with Crippen LogP contribution in [0.3, 0.4) is 0 Å². The Hall–Kier alpha value is -5.77. The Morgan fingerprint density at radius 3 is 2.27 bits per heavy atom. The summed E-state index contributed by atoms with van der Waals surface area (Å²) in [5, 5.41) is 13.8. The molecule has 10 nitrogen and oxygen atoms in total. The third kappa shape index (κ3) is 5.66. The first kappa shape index (κ1) is 26.8. The molecule has 1 aliphatic heterocycles. The number of nitro benzene ring substituents is 1. The lowest BCUT2D eigenvalue weighted by molar-refractivity contribution is -0.384. The number of carbonyl (C=O) groups excluding carboxylic acids is 2. The maximum absolute atomic E-state index is 13.6. The Morgan fingerprint density at radius 2 is 1.63 bits per heavy atom. The zero-order chi connectivity index (χ0) is 28.9. The lowest BCUT2D eigenvalue weighted by Gasteiger charge is -2.19. The van der Waals surface area contributed by atoms with Crippen LogP contribution in [0, 0.1) is 10.1 Å². The third-order valence-corrected chi connectivity index (χ3v) is 6.34. The first-order valence-corrected chi connectivity index (χ1v) is 12.5. The van der Waals surface area contributed by atoms with E-state index in [9.17, 15) is 19.7 Å². The molecule has 0 aliphatic carbocycles. The quantitative estimate of drug-likeness (QED) is 0.171. The molecule has 1 heterocycles. The van der Waals surface area contributed by atoms with Crippen molar-refractivity contribution in [1.29, 1.82) is 0 Å². The summed E-state index contributed by atoms with van der Waals surface area (Å²) in [5.74, 6) is 0.720. The molecule has 10 heteroatoms. The van der Waals surface area contributed by atoms with Crippen molar-refractivity contribution in [3.63, 3.8) is 0 Å². The maximum Gasteiger partial charge on any atom is 0.282 e. The first-order chi connectivity index (χ1) is 19.9. The van der Waals surface area contributed by atoms with Gasteiger partial charge in [-0.15, -0.1) is 0 Å². The molecule has 0 saturated heterocycles. The number of benzene rings is 4. The number of amides is 2. The molecule has 2 amide bonds. The predicted molar refractivity (Wildman–Crippen MR) is 155 cm³/mol. The summed E-state index contributed by atoms with van der Waals surface area (Å²) in [6.45, 7) is 0. The number of aliphatic imine (C=N–C) groups is 1. The van der Waals surface area contributed by atoms with E-state index in [0.717, 1.165) is 5.56 Å². The number of nitro groups is 1. The summed E-state index contributed by atoms with van der Waals surface area (Å²) < 4.78 is 10.6. The van der Waals surface area contributed by atoms with Crippen molar-refractivity contribution >= 4 is 40.8 Å². The van der Waals surface area contributed by atoms with E-state index in [4.69, 9.17) is 9.47 Å². The standard InChI is InChI=1S/C31H24N4O6/c1-40-25-16-17-28(41-2)26(19-25)33-30(36)22-10-14-23(15-11-22)34-29(21-6-4-3-5-7-21)32-27(31(34)37)18-20-8-12-24(13-9-20)35(38)39/h3-19H,1-2H3,(H,33,36)/b27-18-. The van der Waals surface area contributed by atoms with Crippen LogP contribution in [0.4, 0.5) is 17.1 Å². The SMILES string of the molecule is COc1ccc(OC)c(NC(=O)c2ccc(N3C(=O)/C(=C/c4ccc([N+](=O)[O-])cc4)N=C3c3ccccc3)cc2)c1. The van der Waals surface area contributed by atoms with Gasteiger partial charge in [0, 0.05) is 29.3 Å². The minimum absolute atomic E-state index is 0.0472. The van der Waals surface area contributed by atoms with Crippen LogP contribution in [0.15, 0.2) is 108 Å². The van der Waals surface area contributed by atoms with Crippen LogP contribution >= 0.6 is 0 Å². The fraction of sp³-hybridized carbons (Fsp3) is 0.0645. The molecule has 204 valence electrons. The number of anilines is 2. The molecule has 1 aliphatic rings. The number of hydrogen-bond acceptors (Lipinski definition) is 7. The van der Waals surface area contributed by atoms with Gasteiger partial charge in [-0.25, -0.2) is 4.99 Å². The summed E-state index contributed by atoms with van der Waals surface area (Å²) in [6.07, 6.45) is 1.58. The van der Waals surface area contributed by atoms with Crippen molar-refractivity contribution in [2.24, 2.45) is 4.99 Å². The number of carbonyl (C=O) groups is 2. The smallest absolute Gasteiger partial charge is 0.282 e. The van der Waals surface area contributed by atoms with Crippen molar-refractivity contribution < 1.29 is 24.0 Å². The van der Waals surface area contributed by atoms with Gasteiger partial charge in [0.25, 0.3) is 17.5 Å². The molecular formula is C31H24N4O6. The number of rotatable bonds is 8. The van der Waals surface area contributed by atoms with E-state index in [-0.39, 0.29) is 23.2 Å². The van der Waals surface area contributed by atoms with Crippen LogP contribution in [0.1, 0.15) is 21.5 Å². The molecule has 0 spiro atoms. The van der Waals surface area contributed by atoms with Crippen LogP contribution in [0.5, 0.6) is 11.5 Å². The lowest BCUT2D eigenvalue weighted by Crippen LogP contribution is -2.32. The predicted octanol–water partition coefficient (Wildman–Crippen LogP) is 5.70. The van der Waals surface area contributed by atoms with Gasteiger partial charge in [-0.1, -0.05) is 30.3 Å². The van der Waals surface area contributed by atoms with Gasteiger partial charge in [-0.05, 0) is 60.2 Å². The van der Waals surface area contributed by atoms with E-state index in [1.54, 1.807) is 60.7 Å². The van der Waals surface area contributed by atoms with Crippen LogP contribution < -0.4 is 19.7 Å². The summed E-state index contributed by atoms with van der Waals surface area (Å²) >= 11 is 0. The number of ether oxygens (including phenoxy) is 2. The molecule has 4 aromatic rings. The summed E-state index contributed by atoms with van der Waals surface area (Å²) in [7, 11) is 3.04. The van der Waals surface area contributed by atoms with E-state index in [0.29, 0.717) is 39.8 Å². The molecule has 0 atom stereocenters. The average Bonchev–Trinajstić information content (AvgIpc) is 3.33.